The first kappa shape index (κ1) is 17.1. The summed E-state index contributed by atoms with van der Waals surface area (Å²) in [4.78, 5) is 12.3. The van der Waals surface area contributed by atoms with E-state index in [4.69, 9.17) is 5.73 Å². The van der Waals surface area contributed by atoms with Gasteiger partial charge in [0.15, 0.2) is 0 Å². The molecule has 3 nitrogen and oxygen atoms in total. The Balaban J connectivity index is 1.59. The lowest BCUT2D eigenvalue weighted by molar-refractivity contribution is 0.102. The second kappa shape index (κ2) is 8.36. The van der Waals surface area contributed by atoms with Gasteiger partial charge in [0.25, 0.3) is 5.91 Å². The Morgan fingerprint density at radius 3 is 2.54 bits per heavy atom. The molecule has 1 fully saturated rings. The van der Waals surface area contributed by atoms with E-state index < -0.39 is 0 Å². The maximum atomic E-state index is 12.3. The molecule has 126 valence electrons. The molecule has 0 saturated heterocycles. The molecule has 0 atom stereocenters. The van der Waals surface area contributed by atoms with Crippen LogP contribution in [0.5, 0.6) is 0 Å². The fourth-order valence-electron chi connectivity index (χ4n) is 3.00. The summed E-state index contributed by atoms with van der Waals surface area (Å²) in [6.07, 6.45) is 5.44. The Hall–Kier alpha value is -1.78. The van der Waals surface area contributed by atoms with Gasteiger partial charge in [-0.2, -0.15) is 11.8 Å². The van der Waals surface area contributed by atoms with Crippen LogP contribution in [0, 0.1) is 0 Å². The molecule has 0 heterocycles. The van der Waals surface area contributed by atoms with Crippen LogP contribution in [0.25, 0.3) is 0 Å². The highest BCUT2D eigenvalue weighted by Gasteiger charge is 2.15. The minimum Gasteiger partial charge on any atom is -0.326 e. The zero-order chi connectivity index (χ0) is 16.8. The third kappa shape index (κ3) is 4.62. The van der Waals surface area contributed by atoms with Gasteiger partial charge in [0.05, 0.1) is 0 Å². The van der Waals surface area contributed by atoms with E-state index in [1.165, 1.54) is 31.2 Å². The number of nitrogens with two attached hydrogens (primary N) is 1. The number of carbonyl (C=O) groups excluding carboxylic acids is 1. The lowest BCUT2D eigenvalue weighted by atomic mass is 10.1. The SMILES string of the molecule is NCc1ccc(C(=O)Nc2cccc(CSC3CCCC3)c2)cc1. The number of anilines is 1. The maximum absolute atomic E-state index is 12.3. The van der Waals surface area contributed by atoms with Gasteiger partial charge in [-0.1, -0.05) is 37.1 Å². The first-order valence-electron chi connectivity index (χ1n) is 8.55. The fraction of sp³-hybridized carbons (Fsp3) is 0.350. The zero-order valence-electron chi connectivity index (χ0n) is 13.8. The number of amides is 1. The number of hydrogen-bond donors (Lipinski definition) is 2. The number of thioether (sulfide) groups is 1. The smallest absolute Gasteiger partial charge is 0.255 e. The molecular formula is C20H24N2OS. The number of rotatable bonds is 6. The fourth-order valence-corrected chi connectivity index (χ4v) is 4.28. The van der Waals surface area contributed by atoms with Crippen LogP contribution < -0.4 is 11.1 Å². The van der Waals surface area contributed by atoms with Gasteiger partial charge in [-0.05, 0) is 48.2 Å². The number of hydrogen-bond acceptors (Lipinski definition) is 3. The predicted molar refractivity (Wildman–Crippen MR) is 102 cm³/mol. The van der Waals surface area contributed by atoms with Gasteiger partial charge in [-0.3, -0.25) is 4.79 Å². The van der Waals surface area contributed by atoms with Crippen molar-refractivity contribution in [2.24, 2.45) is 5.73 Å². The Kier molecular flexibility index (Phi) is 5.94. The lowest BCUT2D eigenvalue weighted by Crippen LogP contribution is -2.12. The summed E-state index contributed by atoms with van der Waals surface area (Å²) >= 11 is 2.04. The highest BCUT2D eigenvalue weighted by molar-refractivity contribution is 7.99. The molecule has 4 heteroatoms. The van der Waals surface area contributed by atoms with Gasteiger partial charge in [-0.25, -0.2) is 0 Å². The molecule has 3 rings (SSSR count). The summed E-state index contributed by atoms with van der Waals surface area (Å²) in [6, 6.07) is 15.6. The summed E-state index contributed by atoms with van der Waals surface area (Å²) < 4.78 is 0. The van der Waals surface area contributed by atoms with Crippen LogP contribution in [-0.4, -0.2) is 11.2 Å². The summed E-state index contributed by atoms with van der Waals surface area (Å²) in [7, 11) is 0. The van der Waals surface area contributed by atoms with E-state index in [0.717, 1.165) is 22.3 Å². The number of nitrogens with one attached hydrogen (secondary N) is 1. The second-order valence-corrected chi connectivity index (χ2v) is 7.56. The maximum Gasteiger partial charge on any atom is 0.255 e. The summed E-state index contributed by atoms with van der Waals surface area (Å²) in [6.45, 7) is 0.489. The third-order valence-electron chi connectivity index (χ3n) is 4.42. The van der Waals surface area contributed by atoms with Crippen molar-refractivity contribution < 1.29 is 4.79 Å². The van der Waals surface area contributed by atoms with Crippen molar-refractivity contribution in [1.82, 2.24) is 0 Å². The van der Waals surface area contributed by atoms with E-state index in [9.17, 15) is 4.79 Å². The standard InChI is InChI=1S/C20H24N2OS/c21-13-15-8-10-17(11-9-15)20(23)22-18-5-3-4-16(12-18)14-24-19-6-1-2-7-19/h3-5,8-12,19H,1-2,6-7,13-14,21H2,(H,22,23). The molecule has 0 spiro atoms. The van der Waals surface area contributed by atoms with Crippen molar-refractivity contribution in [2.45, 2.75) is 43.2 Å². The van der Waals surface area contributed by atoms with Gasteiger partial charge in [-0.15, -0.1) is 0 Å². The Morgan fingerprint density at radius 2 is 1.83 bits per heavy atom. The molecule has 1 aliphatic rings. The molecule has 2 aromatic rings. The largest absolute Gasteiger partial charge is 0.326 e. The monoisotopic (exact) mass is 340 g/mol. The quantitative estimate of drug-likeness (QED) is 0.809. The molecule has 0 unspecified atom stereocenters. The first-order valence-corrected chi connectivity index (χ1v) is 9.60. The molecule has 1 saturated carbocycles. The molecule has 2 aromatic carbocycles. The van der Waals surface area contributed by atoms with Crippen LogP contribution in [0.1, 0.15) is 47.2 Å². The van der Waals surface area contributed by atoms with Gasteiger partial charge in [0.2, 0.25) is 0 Å². The van der Waals surface area contributed by atoms with Gasteiger partial charge < -0.3 is 11.1 Å². The average Bonchev–Trinajstić information content (AvgIpc) is 3.14. The van der Waals surface area contributed by atoms with Crippen LogP contribution in [0.2, 0.25) is 0 Å². The van der Waals surface area contributed by atoms with Crippen LogP contribution in [0.4, 0.5) is 5.69 Å². The van der Waals surface area contributed by atoms with Crippen molar-refractivity contribution in [3.05, 3.63) is 65.2 Å². The van der Waals surface area contributed by atoms with E-state index in [1.807, 2.05) is 48.2 Å². The molecule has 0 radical (unpaired) electrons. The van der Waals surface area contributed by atoms with Crippen molar-refractivity contribution in [3.8, 4) is 0 Å². The number of carbonyl (C=O) groups is 1. The topological polar surface area (TPSA) is 55.1 Å². The van der Waals surface area contributed by atoms with Crippen LogP contribution >= 0.6 is 11.8 Å². The second-order valence-electron chi connectivity index (χ2n) is 6.27. The molecular weight excluding hydrogens is 316 g/mol. The van der Waals surface area contributed by atoms with E-state index in [0.29, 0.717) is 12.1 Å². The zero-order valence-corrected chi connectivity index (χ0v) is 14.6. The minimum atomic E-state index is -0.0841. The van der Waals surface area contributed by atoms with Crippen LogP contribution in [0.15, 0.2) is 48.5 Å². The van der Waals surface area contributed by atoms with E-state index in [1.54, 1.807) is 0 Å². The van der Waals surface area contributed by atoms with Crippen molar-refractivity contribution in [1.29, 1.82) is 0 Å². The highest BCUT2D eigenvalue weighted by Crippen LogP contribution is 2.31. The van der Waals surface area contributed by atoms with Crippen LogP contribution in [-0.2, 0) is 12.3 Å². The Bertz CT molecular complexity index is 678. The van der Waals surface area contributed by atoms with Crippen LogP contribution in [0.3, 0.4) is 0 Å². The van der Waals surface area contributed by atoms with Gasteiger partial charge in [0, 0.05) is 28.8 Å². The molecule has 0 aromatic heterocycles. The molecule has 0 aliphatic heterocycles. The van der Waals surface area contributed by atoms with Crippen molar-refractivity contribution in [3.63, 3.8) is 0 Å². The molecule has 3 N–H and O–H groups in total. The highest BCUT2D eigenvalue weighted by atomic mass is 32.2. The normalized spacial score (nSPS) is 14.7. The van der Waals surface area contributed by atoms with Gasteiger partial charge in [0.1, 0.15) is 0 Å². The average molecular weight is 340 g/mol. The molecule has 1 aliphatic carbocycles. The van der Waals surface area contributed by atoms with Crippen molar-refractivity contribution >= 4 is 23.4 Å². The van der Waals surface area contributed by atoms with E-state index in [2.05, 4.69) is 17.4 Å². The molecule has 24 heavy (non-hydrogen) atoms. The summed E-state index contributed by atoms with van der Waals surface area (Å²) in [5.74, 6) is 0.929. The first-order chi connectivity index (χ1) is 11.7. The Morgan fingerprint density at radius 1 is 1.08 bits per heavy atom. The van der Waals surface area contributed by atoms with E-state index in [-0.39, 0.29) is 5.91 Å². The van der Waals surface area contributed by atoms with Crippen molar-refractivity contribution in [2.75, 3.05) is 5.32 Å². The summed E-state index contributed by atoms with van der Waals surface area (Å²) in [5.41, 5.74) is 9.38. The molecule has 0 bridgehead atoms. The van der Waals surface area contributed by atoms with E-state index >= 15 is 0 Å². The number of benzene rings is 2. The molecule has 1 amide bonds. The summed E-state index contributed by atoms with van der Waals surface area (Å²) in [5, 5.41) is 3.79. The van der Waals surface area contributed by atoms with Gasteiger partial charge >= 0.3 is 0 Å². The predicted octanol–water partition coefficient (Wildman–Crippen LogP) is 4.57. The Labute approximate surface area is 148 Å². The third-order valence-corrected chi connectivity index (χ3v) is 5.87. The lowest BCUT2D eigenvalue weighted by Gasteiger charge is -2.10. The minimum absolute atomic E-state index is 0.0841.